The molecule has 0 amide bonds. The lowest BCUT2D eigenvalue weighted by Crippen LogP contribution is -2.18. The first-order valence-electron chi connectivity index (χ1n) is 21.9. The molecule has 3 unspecified atom stereocenters. The van der Waals surface area contributed by atoms with Crippen molar-refractivity contribution in [3.63, 3.8) is 0 Å². The zero-order chi connectivity index (χ0) is 38.1. The molecule has 282 valence electrons. The molecule has 3 saturated carbocycles. The Morgan fingerprint density at radius 1 is 0.526 bits per heavy atom. The van der Waals surface area contributed by atoms with Crippen molar-refractivity contribution in [2.75, 3.05) is 4.90 Å². The van der Waals surface area contributed by atoms with Gasteiger partial charge in [-0.05, 0) is 142 Å². The van der Waals surface area contributed by atoms with Gasteiger partial charge in [-0.3, -0.25) is 0 Å². The Balaban J connectivity index is 1.16. The first-order valence-corrected chi connectivity index (χ1v) is 21.9. The summed E-state index contributed by atoms with van der Waals surface area (Å²) in [5.41, 5.74) is 17.3. The second-order valence-corrected chi connectivity index (χ2v) is 18.3. The van der Waals surface area contributed by atoms with E-state index >= 15 is 0 Å². The van der Waals surface area contributed by atoms with Crippen LogP contribution in [0.15, 0.2) is 152 Å². The molecule has 7 aromatic rings. The molecule has 0 aromatic heterocycles. The van der Waals surface area contributed by atoms with Crippen molar-refractivity contribution < 1.29 is 0 Å². The summed E-state index contributed by atoms with van der Waals surface area (Å²) in [7, 11) is 0. The van der Waals surface area contributed by atoms with Gasteiger partial charge in [0.2, 0.25) is 0 Å². The largest absolute Gasteiger partial charge is 0.309 e. The molecule has 0 heterocycles. The highest BCUT2D eigenvalue weighted by atomic mass is 15.1. The van der Waals surface area contributed by atoms with Gasteiger partial charge < -0.3 is 4.90 Å². The lowest BCUT2D eigenvalue weighted by molar-refractivity contribution is 0.420. The second-order valence-electron chi connectivity index (χ2n) is 18.3. The Kier molecular flexibility index (Phi) is 8.50. The summed E-state index contributed by atoms with van der Waals surface area (Å²) in [6.07, 6.45) is 12.2. The summed E-state index contributed by atoms with van der Waals surface area (Å²) in [5.74, 6) is 3.09. The summed E-state index contributed by atoms with van der Waals surface area (Å²) in [6.45, 7) is 4.90. The van der Waals surface area contributed by atoms with Crippen LogP contribution in [0.25, 0.3) is 44.2 Å². The molecule has 3 atom stereocenters. The van der Waals surface area contributed by atoms with Gasteiger partial charge in [-0.2, -0.15) is 0 Å². The molecule has 2 bridgehead atoms. The van der Waals surface area contributed by atoms with E-state index in [4.69, 9.17) is 0 Å². The van der Waals surface area contributed by atoms with E-state index in [1.54, 1.807) is 0 Å². The van der Waals surface area contributed by atoms with Crippen molar-refractivity contribution in [3.05, 3.63) is 174 Å². The van der Waals surface area contributed by atoms with Gasteiger partial charge >= 0.3 is 0 Å². The predicted octanol–water partition coefficient (Wildman–Crippen LogP) is 15.9. The molecule has 1 nitrogen and oxygen atoms in total. The highest BCUT2D eigenvalue weighted by molar-refractivity contribution is 6.04. The Morgan fingerprint density at radius 3 is 1.91 bits per heavy atom. The maximum Gasteiger partial charge on any atom is 0.0543 e. The smallest absolute Gasteiger partial charge is 0.0543 e. The molecule has 0 aliphatic heterocycles. The molecule has 0 saturated heterocycles. The van der Waals surface area contributed by atoms with E-state index in [1.807, 2.05) is 0 Å². The van der Waals surface area contributed by atoms with Crippen LogP contribution in [0.2, 0.25) is 0 Å². The van der Waals surface area contributed by atoms with Gasteiger partial charge in [0.1, 0.15) is 0 Å². The van der Waals surface area contributed by atoms with Crippen LogP contribution < -0.4 is 4.90 Å². The fraction of sp³-hybridized carbons (Fsp3) is 0.286. The molecule has 4 aliphatic carbocycles. The summed E-state index contributed by atoms with van der Waals surface area (Å²) in [4.78, 5) is 2.65. The van der Waals surface area contributed by atoms with Gasteiger partial charge in [0.15, 0.2) is 0 Å². The highest BCUT2D eigenvalue weighted by Crippen LogP contribution is 2.57. The maximum atomic E-state index is 2.65. The third-order valence-corrected chi connectivity index (χ3v) is 14.7. The Bertz CT molecular complexity index is 2590. The van der Waals surface area contributed by atoms with E-state index < -0.39 is 0 Å². The molecule has 0 radical (unpaired) electrons. The fourth-order valence-electron chi connectivity index (χ4n) is 12.0. The van der Waals surface area contributed by atoms with Crippen molar-refractivity contribution in [3.8, 4) is 33.4 Å². The first-order chi connectivity index (χ1) is 28.0. The number of benzene rings is 7. The van der Waals surface area contributed by atoms with Crippen LogP contribution in [0.4, 0.5) is 17.1 Å². The zero-order valence-corrected chi connectivity index (χ0v) is 33.6. The van der Waals surface area contributed by atoms with Gasteiger partial charge in [-0.25, -0.2) is 0 Å². The topological polar surface area (TPSA) is 3.24 Å². The molecular weight excluding hydrogens is 687 g/mol. The molecule has 0 N–H and O–H groups in total. The minimum absolute atomic E-state index is 0.204. The molecule has 3 fully saturated rings. The summed E-state index contributed by atoms with van der Waals surface area (Å²) >= 11 is 0. The van der Waals surface area contributed by atoms with E-state index in [9.17, 15) is 0 Å². The van der Waals surface area contributed by atoms with Crippen LogP contribution >= 0.6 is 0 Å². The van der Waals surface area contributed by atoms with Crippen molar-refractivity contribution in [1.29, 1.82) is 0 Å². The monoisotopic (exact) mass is 739 g/mol. The van der Waals surface area contributed by atoms with Crippen molar-refractivity contribution in [2.24, 2.45) is 11.8 Å². The van der Waals surface area contributed by atoms with Crippen molar-refractivity contribution >= 4 is 27.8 Å². The molecule has 7 aromatic carbocycles. The van der Waals surface area contributed by atoms with Gasteiger partial charge in [-0.1, -0.05) is 161 Å². The first kappa shape index (κ1) is 34.8. The van der Waals surface area contributed by atoms with E-state index in [0.29, 0.717) is 11.8 Å². The van der Waals surface area contributed by atoms with E-state index in [-0.39, 0.29) is 5.41 Å². The Morgan fingerprint density at radius 2 is 1.21 bits per heavy atom. The van der Waals surface area contributed by atoms with Crippen LogP contribution in [-0.4, -0.2) is 0 Å². The molecule has 57 heavy (non-hydrogen) atoms. The minimum atomic E-state index is -0.204. The number of nitrogens with zero attached hydrogens (tertiary/aromatic N) is 1. The second kappa shape index (κ2) is 13.9. The standard InChI is InChI=1S/C56H53N/c1-56(2)51-36-53(49(40-19-10-5-11-20-40)35-50(51)47-25-14-24-46(55(47)56)39-17-8-4-9-18-39)57(44-31-29-41(30-32-44)48-34-37-27-28-43(48)33-37)52-26-13-22-42-21-12-23-45(54(42)52)38-15-6-3-7-16-38/h4-5,8-14,17-26,29-32,35-38,43,48H,3,6-7,15-16,27-28,33-34H2,1-2H3. The third-order valence-electron chi connectivity index (χ3n) is 14.7. The van der Waals surface area contributed by atoms with E-state index in [1.165, 1.54) is 141 Å². The van der Waals surface area contributed by atoms with Crippen molar-refractivity contribution in [2.45, 2.75) is 88.9 Å². The number of fused-ring (bicyclic) bond motifs is 6. The minimum Gasteiger partial charge on any atom is -0.309 e. The lowest BCUT2D eigenvalue weighted by atomic mass is 9.78. The van der Waals surface area contributed by atoms with Gasteiger partial charge in [0.05, 0.1) is 11.4 Å². The average Bonchev–Trinajstić information content (AvgIpc) is 3.97. The number of rotatable bonds is 7. The summed E-state index contributed by atoms with van der Waals surface area (Å²) in [6, 6.07) is 58.2. The third kappa shape index (κ3) is 5.80. The lowest BCUT2D eigenvalue weighted by Gasteiger charge is -2.33. The SMILES string of the molecule is CC1(C)c2cc(N(c3ccc(C4CC5CCC4C5)cc3)c3cccc4cccc(C5CCCCC5)c34)c(-c3ccccc3)cc2-c2cccc(-c3ccccc3)c21. The number of hydrogen-bond donors (Lipinski definition) is 0. The fourth-order valence-corrected chi connectivity index (χ4v) is 12.0. The normalized spacial score (nSPS) is 20.8. The van der Waals surface area contributed by atoms with Gasteiger partial charge in [0.25, 0.3) is 0 Å². The number of hydrogen-bond acceptors (Lipinski definition) is 1. The quantitative estimate of drug-likeness (QED) is 0.157. The van der Waals surface area contributed by atoms with Crippen LogP contribution in [0.3, 0.4) is 0 Å². The zero-order valence-electron chi connectivity index (χ0n) is 33.6. The van der Waals surface area contributed by atoms with Crippen molar-refractivity contribution in [1.82, 2.24) is 0 Å². The molecular formula is C56H53N. The maximum absolute atomic E-state index is 2.65. The van der Waals surface area contributed by atoms with Crippen LogP contribution in [0.1, 0.15) is 106 Å². The van der Waals surface area contributed by atoms with E-state index in [0.717, 1.165) is 11.8 Å². The summed E-state index contributed by atoms with van der Waals surface area (Å²) in [5, 5.41) is 2.75. The van der Waals surface area contributed by atoms with Crippen LogP contribution in [0, 0.1) is 11.8 Å². The molecule has 4 aliphatic rings. The van der Waals surface area contributed by atoms with Gasteiger partial charge in [-0.15, -0.1) is 0 Å². The highest BCUT2D eigenvalue weighted by Gasteiger charge is 2.41. The number of anilines is 3. The average molecular weight is 740 g/mol. The Hall–Kier alpha value is -5.40. The summed E-state index contributed by atoms with van der Waals surface area (Å²) < 4.78 is 0. The molecule has 1 heteroatoms. The van der Waals surface area contributed by atoms with Gasteiger partial charge in [0, 0.05) is 22.1 Å². The molecule has 0 spiro atoms. The molecule has 11 rings (SSSR count). The van der Waals surface area contributed by atoms with E-state index in [2.05, 4.69) is 170 Å². The van der Waals surface area contributed by atoms with Crippen LogP contribution in [0.5, 0.6) is 0 Å². The Labute approximate surface area is 339 Å². The van der Waals surface area contributed by atoms with Crippen LogP contribution in [-0.2, 0) is 5.41 Å². The predicted molar refractivity (Wildman–Crippen MR) is 241 cm³/mol.